The zero-order valence-electron chi connectivity index (χ0n) is 15.2. The van der Waals surface area contributed by atoms with Crippen molar-refractivity contribution in [2.45, 2.75) is 27.0 Å². The molecule has 0 saturated heterocycles. The Bertz CT molecular complexity index is 959. The molecule has 0 saturated carbocycles. The smallest absolute Gasteiger partial charge is 0.143 e. The van der Waals surface area contributed by atoms with Gasteiger partial charge < -0.3 is 10.1 Å². The van der Waals surface area contributed by atoms with Gasteiger partial charge in [-0.05, 0) is 60.9 Å². The molecule has 27 heavy (non-hydrogen) atoms. The predicted molar refractivity (Wildman–Crippen MR) is 110 cm³/mol. The first-order valence-electron chi connectivity index (χ1n) is 8.58. The first-order chi connectivity index (χ1) is 12.9. The van der Waals surface area contributed by atoms with Crippen molar-refractivity contribution in [2.75, 3.05) is 5.32 Å². The van der Waals surface area contributed by atoms with Gasteiger partial charge in [0, 0.05) is 22.8 Å². The van der Waals surface area contributed by atoms with Gasteiger partial charge in [0.25, 0.3) is 0 Å². The lowest BCUT2D eigenvalue weighted by molar-refractivity contribution is 0.303. The molecule has 5 heteroatoms. The van der Waals surface area contributed by atoms with Crippen molar-refractivity contribution >= 4 is 28.9 Å². The molecule has 0 aliphatic rings. The van der Waals surface area contributed by atoms with Crippen LogP contribution in [-0.2, 0) is 13.2 Å². The van der Waals surface area contributed by atoms with E-state index in [4.69, 9.17) is 27.9 Å². The largest absolute Gasteiger partial charge is 0.487 e. The topological polar surface area (TPSA) is 21.3 Å². The summed E-state index contributed by atoms with van der Waals surface area (Å²) in [5.74, 6) is 0.248. The van der Waals surface area contributed by atoms with E-state index in [1.165, 1.54) is 17.7 Å². The standard InChI is InChI=1S/C22H20Cl2FNO/c1-14-6-7-15(2)21(8-14)26-12-17-10-18(23)11-20(24)22(17)27-13-16-4-3-5-19(25)9-16/h3-11,26H,12-13H2,1-2H3. The molecule has 3 rings (SSSR count). The first-order valence-corrected chi connectivity index (χ1v) is 9.34. The second kappa shape index (κ2) is 8.64. The third-order valence-electron chi connectivity index (χ3n) is 4.22. The van der Waals surface area contributed by atoms with Gasteiger partial charge in [0.05, 0.1) is 5.02 Å². The van der Waals surface area contributed by atoms with Gasteiger partial charge in [0.1, 0.15) is 18.2 Å². The number of halogens is 3. The lowest BCUT2D eigenvalue weighted by atomic mass is 10.1. The second-order valence-corrected chi connectivity index (χ2v) is 7.31. The van der Waals surface area contributed by atoms with Gasteiger partial charge in [-0.15, -0.1) is 0 Å². The maximum absolute atomic E-state index is 13.4. The fourth-order valence-electron chi connectivity index (χ4n) is 2.81. The molecule has 0 heterocycles. The number of anilines is 1. The average molecular weight is 404 g/mol. The summed E-state index contributed by atoms with van der Waals surface area (Å²) < 4.78 is 19.3. The van der Waals surface area contributed by atoms with Gasteiger partial charge in [-0.2, -0.15) is 0 Å². The Morgan fingerprint density at radius 3 is 2.59 bits per heavy atom. The van der Waals surface area contributed by atoms with Crippen LogP contribution in [0.1, 0.15) is 22.3 Å². The normalized spacial score (nSPS) is 10.7. The molecule has 0 spiro atoms. The molecule has 0 fully saturated rings. The molecule has 0 bridgehead atoms. The van der Waals surface area contributed by atoms with Crippen LogP contribution in [0.2, 0.25) is 10.0 Å². The summed E-state index contributed by atoms with van der Waals surface area (Å²) in [4.78, 5) is 0. The Hall–Kier alpha value is -2.23. The number of nitrogens with one attached hydrogen (secondary N) is 1. The minimum Gasteiger partial charge on any atom is -0.487 e. The molecule has 0 aliphatic carbocycles. The van der Waals surface area contributed by atoms with Crippen molar-refractivity contribution in [1.29, 1.82) is 0 Å². The van der Waals surface area contributed by atoms with Gasteiger partial charge in [-0.25, -0.2) is 4.39 Å². The average Bonchev–Trinajstić information content (AvgIpc) is 2.61. The SMILES string of the molecule is Cc1ccc(C)c(NCc2cc(Cl)cc(Cl)c2OCc2cccc(F)c2)c1. The Labute approximate surface area is 168 Å². The molecule has 3 aromatic carbocycles. The molecular formula is C22H20Cl2FNO. The maximum Gasteiger partial charge on any atom is 0.143 e. The van der Waals surface area contributed by atoms with Crippen LogP contribution >= 0.6 is 23.2 Å². The first kappa shape index (κ1) is 19.5. The van der Waals surface area contributed by atoms with Crippen molar-refractivity contribution < 1.29 is 9.13 Å². The number of rotatable bonds is 6. The third kappa shape index (κ3) is 5.15. The monoisotopic (exact) mass is 403 g/mol. The van der Waals surface area contributed by atoms with Gasteiger partial charge in [-0.3, -0.25) is 0 Å². The lowest BCUT2D eigenvalue weighted by Crippen LogP contribution is -2.05. The fraction of sp³-hybridized carbons (Fsp3) is 0.182. The number of hydrogen-bond donors (Lipinski definition) is 1. The van der Waals surface area contributed by atoms with Crippen LogP contribution in [0.25, 0.3) is 0 Å². The molecule has 2 nitrogen and oxygen atoms in total. The highest BCUT2D eigenvalue weighted by Gasteiger charge is 2.12. The predicted octanol–water partition coefficient (Wildman–Crippen LogP) is 6.94. The van der Waals surface area contributed by atoms with Crippen molar-refractivity contribution in [3.63, 3.8) is 0 Å². The van der Waals surface area contributed by atoms with E-state index in [2.05, 4.69) is 30.4 Å². The highest BCUT2D eigenvalue weighted by molar-refractivity contribution is 6.35. The van der Waals surface area contributed by atoms with Crippen molar-refractivity contribution in [2.24, 2.45) is 0 Å². The minimum absolute atomic E-state index is 0.218. The Balaban J connectivity index is 1.80. The van der Waals surface area contributed by atoms with E-state index in [0.29, 0.717) is 22.3 Å². The van der Waals surface area contributed by atoms with Gasteiger partial charge >= 0.3 is 0 Å². The quantitative estimate of drug-likeness (QED) is 0.481. The maximum atomic E-state index is 13.4. The Morgan fingerprint density at radius 1 is 1.00 bits per heavy atom. The summed E-state index contributed by atoms with van der Waals surface area (Å²) in [6.45, 7) is 4.82. The zero-order chi connectivity index (χ0) is 19.4. The van der Waals surface area contributed by atoms with Gasteiger partial charge in [0.2, 0.25) is 0 Å². The van der Waals surface area contributed by atoms with Crippen molar-refractivity contribution in [3.05, 3.63) is 92.7 Å². The summed E-state index contributed by atoms with van der Waals surface area (Å²) >= 11 is 12.5. The molecule has 0 unspecified atom stereocenters. The van der Waals surface area contributed by atoms with Crippen LogP contribution in [0.4, 0.5) is 10.1 Å². The molecule has 1 N–H and O–H groups in total. The van der Waals surface area contributed by atoms with Crippen LogP contribution in [-0.4, -0.2) is 0 Å². The van der Waals surface area contributed by atoms with E-state index in [0.717, 1.165) is 22.4 Å². The summed E-state index contributed by atoms with van der Waals surface area (Å²) in [7, 11) is 0. The third-order valence-corrected chi connectivity index (χ3v) is 4.72. The van der Waals surface area contributed by atoms with E-state index >= 15 is 0 Å². The number of benzene rings is 3. The molecule has 0 radical (unpaired) electrons. The van der Waals surface area contributed by atoms with Crippen LogP contribution in [0.15, 0.2) is 54.6 Å². The van der Waals surface area contributed by atoms with Crippen LogP contribution < -0.4 is 10.1 Å². The molecule has 0 amide bonds. The van der Waals surface area contributed by atoms with E-state index in [1.807, 2.05) is 13.0 Å². The van der Waals surface area contributed by atoms with E-state index in [9.17, 15) is 4.39 Å². The summed E-state index contributed by atoms with van der Waals surface area (Å²) in [5, 5.41) is 4.38. The van der Waals surface area contributed by atoms with Crippen molar-refractivity contribution in [3.8, 4) is 5.75 Å². The summed E-state index contributed by atoms with van der Waals surface area (Å²) in [6, 6.07) is 16.0. The van der Waals surface area contributed by atoms with E-state index in [1.54, 1.807) is 18.2 Å². The van der Waals surface area contributed by atoms with Gasteiger partial charge in [-0.1, -0.05) is 47.5 Å². The Morgan fingerprint density at radius 2 is 1.81 bits per heavy atom. The Kier molecular flexibility index (Phi) is 6.25. The lowest BCUT2D eigenvalue weighted by Gasteiger charge is -2.16. The molecule has 0 atom stereocenters. The van der Waals surface area contributed by atoms with Crippen LogP contribution in [0.3, 0.4) is 0 Å². The minimum atomic E-state index is -0.296. The number of ether oxygens (including phenoxy) is 1. The van der Waals surface area contributed by atoms with E-state index < -0.39 is 0 Å². The van der Waals surface area contributed by atoms with Crippen LogP contribution in [0.5, 0.6) is 5.75 Å². The molecule has 140 valence electrons. The summed E-state index contributed by atoms with van der Waals surface area (Å²) in [5.41, 5.74) is 4.94. The highest BCUT2D eigenvalue weighted by atomic mass is 35.5. The zero-order valence-corrected chi connectivity index (χ0v) is 16.7. The summed E-state index contributed by atoms with van der Waals surface area (Å²) in [6.07, 6.45) is 0. The second-order valence-electron chi connectivity index (χ2n) is 6.47. The van der Waals surface area contributed by atoms with Gasteiger partial charge in [0.15, 0.2) is 0 Å². The molecular weight excluding hydrogens is 384 g/mol. The highest BCUT2D eigenvalue weighted by Crippen LogP contribution is 2.34. The molecule has 3 aromatic rings. The number of aryl methyl sites for hydroxylation is 2. The molecule has 0 aromatic heterocycles. The van der Waals surface area contributed by atoms with E-state index in [-0.39, 0.29) is 12.4 Å². The number of hydrogen-bond acceptors (Lipinski definition) is 2. The fourth-order valence-corrected chi connectivity index (χ4v) is 3.40. The molecule has 0 aliphatic heterocycles. The van der Waals surface area contributed by atoms with Crippen molar-refractivity contribution in [1.82, 2.24) is 0 Å². The van der Waals surface area contributed by atoms with Crippen LogP contribution in [0, 0.1) is 19.7 Å².